The van der Waals surface area contributed by atoms with Crippen LogP contribution in [0.1, 0.15) is 30.5 Å². The Morgan fingerprint density at radius 2 is 1.68 bits per heavy atom. The van der Waals surface area contributed by atoms with Crippen molar-refractivity contribution in [2.24, 2.45) is 0 Å². The van der Waals surface area contributed by atoms with E-state index in [1.165, 1.54) is 31.3 Å². The van der Waals surface area contributed by atoms with Gasteiger partial charge in [-0.3, -0.25) is 4.79 Å². The first-order valence-electron chi connectivity index (χ1n) is 7.89. The van der Waals surface area contributed by atoms with Gasteiger partial charge in [-0.05, 0) is 55.8 Å². The summed E-state index contributed by atoms with van der Waals surface area (Å²) in [5.41, 5.74) is 1.70. The van der Waals surface area contributed by atoms with E-state index >= 15 is 0 Å². The van der Waals surface area contributed by atoms with Crippen LogP contribution in [0.2, 0.25) is 0 Å². The van der Waals surface area contributed by atoms with Gasteiger partial charge in [-0.15, -0.1) is 0 Å². The summed E-state index contributed by atoms with van der Waals surface area (Å²) >= 11 is 0. The zero-order chi connectivity index (χ0) is 18.4. The van der Waals surface area contributed by atoms with E-state index in [1.54, 1.807) is 24.3 Å². The number of nitrogens with one attached hydrogen (secondary N) is 2. The van der Waals surface area contributed by atoms with E-state index < -0.39 is 10.0 Å². The van der Waals surface area contributed by atoms with Crippen LogP contribution in [0.3, 0.4) is 0 Å². The Labute approximate surface area is 147 Å². The first-order chi connectivity index (χ1) is 11.8. The highest BCUT2D eigenvalue weighted by Crippen LogP contribution is 2.14. The second kappa shape index (κ2) is 8.22. The number of benzene rings is 2. The van der Waals surface area contributed by atoms with Crippen LogP contribution in [-0.2, 0) is 21.2 Å². The van der Waals surface area contributed by atoms with Crippen molar-refractivity contribution in [3.8, 4) is 0 Å². The molecule has 0 radical (unpaired) electrons. The topological polar surface area (TPSA) is 75.3 Å². The van der Waals surface area contributed by atoms with Crippen molar-refractivity contribution >= 4 is 15.9 Å². The predicted molar refractivity (Wildman–Crippen MR) is 94.0 cm³/mol. The monoisotopic (exact) mass is 364 g/mol. The van der Waals surface area contributed by atoms with Crippen LogP contribution in [0.5, 0.6) is 0 Å². The largest absolute Gasteiger partial charge is 0.350 e. The third-order valence-electron chi connectivity index (χ3n) is 3.89. The third-order valence-corrected chi connectivity index (χ3v) is 5.32. The van der Waals surface area contributed by atoms with Gasteiger partial charge in [0, 0.05) is 6.42 Å². The lowest BCUT2D eigenvalue weighted by atomic mass is 10.1. The number of carbonyl (C=O) groups is 1. The van der Waals surface area contributed by atoms with E-state index in [4.69, 9.17) is 0 Å². The van der Waals surface area contributed by atoms with Crippen LogP contribution in [-0.4, -0.2) is 21.4 Å². The molecule has 1 amide bonds. The second-order valence-electron chi connectivity index (χ2n) is 5.69. The molecule has 0 saturated heterocycles. The predicted octanol–water partition coefficient (Wildman–Crippen LogP) is 2.54. The SMILES string of the molecule is CNS(=O)(=O)c1ccc(CCC(=O)NC(C)c2ccc(F)cc2)cc1. The average molecular weight is 364 g/mol. The summed E-state index contributed by atoms with van der Waals surface area (Å²) in [4.78, 5) is 12.2. The van der Waals surface area contributed by atoms with Gasteiger partial charge in [-0.25, -0.2) is 17.5 Å². The molecule has 0 aliphatic rings. The lowest BCUT2D eigenvalue weighted by molar-refractivity contribution is -0.121. The molecular weight excluding hydrogens is 343 g/mol. The van der Waals surface area contributed by atoms with Gasteiger partial charge < -0.3 is 5.32 Å². The fourth-order valence-corrected chi connectivity index (χ4v) is 3.09. The van der Waals surface area contributed by atoms with Crippen molar-refractivity contribution in [1.82, 2.24) is 10.0 Å². The lowest BCUT2D eigenvalue weighted by Gasteiger charge is -2.14. The molecular formula is C18H21FN2O3S. The third kappa shape index (κ3) is 5.37. The van der Waals surface area contributed by atoms with E-state index in [1.807, 2.05) is 6.92 Å². The number of rotatable bonds is 7. The summed E-state index contributed by atoms with van der Waals surface area (Å²) in [6.07, 6.45) is 0.783. The standard InChI is InChI=1S/C18H21FN2O3S/c1-13(15-6-8-16(19)9-7-15)21-18(22)12-5-14-3-10-17(11-4-14)25(23,24)20-2/h3-4,6-11,13,20H,5,12H2,1-2H3,(H,21,22). The van der Waals surface area contributed by atoms with Crippen LogP contribution in [0.15, 0.2) is 53.4 Å². The Balaban J connectivity index is 1.88. The van der Waals surface area contributed by atoms with E-state index in [-0.39, 0.29) is 29.1 Å². The molecule has 0 aliphatic carbocycles. The van der Waals surface area contributed by atoms with Gasteiger partial charge in [0.1, 0.15) is 5.82 Å². The molecule has 2 rings (SSSR count). The van der Waals surface area contributed by atoms with Gasteiger partial charge in [-0.1, -0.05) is 24.3 Å². The summed E-state index contributed by atoms with van der Waals surface area (Å²) in [6.45, 7) is 1.84. The smallest absolute Gasteiger partial charge is 0.240 e. The van der Waals surface area contributed by atoms with Crippen LogP contribution < -0.4 is 10.0 Å². The summed E-state index contributed by atoms with van der Waals surface area (Å²) in [5.74, 6) is -0.435. The number of aryl methyl sites for hydroxylation is 1. The fourth-order valence-electron chi connectivity index (χ4n) is 2.36. The summed E-state index contributed by atoms with van der Waals surface area (Å²) < 4.78 is 38.5. The molecule has 5 nitrogen and oxygen atoms in total. The number of hydrogen-bond donors (Lipinski definition) is 2. The van der Waals surface area contributed by atoms with Gasteiger partial charge in [0.2, 0.25) is 15.9 Å². The maximum absolute atomic E-state index is 12.9. The van der Waals surface area contributed by atoms with E-state index in [0.717, 1.165) is 11.1 Å². The van der Waals surface area contributed by atoms with E-state index in [9.17, 15) is 17.6 Å². The molecule has 0 aliphatic heterocycles. The minimum atomic E-state index is -3.45. The molecule has 0 aromatic heterocycles. The van der Waals surface area contributed by atoms with Crippen molar-refractivity contribution in [3.63, 3.8) is 0 Å². The molecule has 1 unspecified atom stereocenters. The quantitative estimate of drug-likeness (QED) is 0.793. The molecule has 0 bridgehead atoms. The van der Waals surface area contributed by atoms with Crippen molar-refractivity contribution in [2.75, 3.05) is 7.05 Å². The minimum absolute atomic E-state index is 0.122. The van der Waals surface area contributed by atoms with Gasteiger partial charge in [0.05, 0.1) is 10.9 Å². The summed E-state index contributed by atoms with van der Waals surface area (Å²) in [6, 6.07) is 12.2. The first-order valence-corrected chi connectivity index (χ1v) is 9.37. The van der Waals surface area contributed by atoms with Gasteiger partial charge >= 0.3 is 0 Å². The zero-order valence-corrected chi connectivity index (χ0v) is 14.9. The van der Waals surface area contributed by atoms with Crippen LogP contribution >= 0.6 is 0 Å². The van der Waals surface area contributed by atoms with E-state index in [2.05, 4.69) is 10.0 Å². The highest BCUT2D eigenvalue weighted by Gasteiger charge is 2.12. The van der Waals surface area contributed by atoms with Crippen LogP contribution in [0.4, 0.5) is 4.39 Å². The van der Waals surface area contributed by atoms with Crippen molar-refractivity contribution in [3.05, 3.63) is 65.5 Å². The Bertz CT molecular complexity index is 818. The normalized spacial score (nSPS) is 12.6. The second-order valence-corrected chi connectivity index (χ2v) is 7.58. The molecule has 0 saturated carbocycles. The van der Waals surface area contributed by atoms with Crippen LogP contribution in [0, 0.1) is 5.82 Å². The lowest BCUT2D eigenvalue weighted by Crippen LogP contribution is -2.26. The molecule has 1 atom stereocenters. The van der Waals surface area contributed by atoms with Gasteiger partial charge in [-0.2, -0.15) is 0 Å². The Morgan fingerprint density at radius 3 is 2.24 bits per heavy atom. The molecule has 0 heterocycles. The number of carbonyl (C=O) groups excluding carboxylic acids is 1. The summed E-state index contributed by atoms with van der Waals surface area (Å²) in [7, 11) is -2.09. The molecule has 2 N–H and O–H groups in total. The number of amides is 1. The van der Waals surface area contributed by atoms with Crippen molar-refractivity contribution in [1.29, 1.82) is 0 Å². The summed E-state index contributed by atoms with van der Waals surface area (Å²) in [5, 5.41) is 2.86. The van der Waals surface area contributed by atoms with Crippen molar-refractivity contribution < 1.29 is 17.6 Å². The number of halogens is 1. The molecule has 0 fully saturated rings. The van der Waals surface area contributed by atoms with Crippen LogP contribution in [0.25, 0.3) is 0 Å². The Kier molecular flexibility index (Phi) is 6.27. The minimum Gasteiger partial charge on any atom is -0.350 e. The molecule has 134 valence electrons. The molecule has 25 heavy (non-hydrogen) atoms. The molecule has 2 aromatic rings. The maximum atomic E-state index is 12.9. The average Bonchev–Trinajstić information content (AvgIpc) is 2.61. The zero-order valence-electron chi connectivity index (χ0n) is 14.1. The van der Waals surface area contributed by atoms with Gasteiger partial charge in [0.25, 0.3) is 0 Å². The van der Waals surface area contributed by atoms with Gasteiger partial charge in [0.15, 0.2) is 0 Å². The van der Waals surface area contributed by atoms with Crippen molar-refractivity contribution in [2.45, 2.75) is 30.7 Å². The molecule has 2 aromatic carbocycles. The first kappa shape index (κ1) is 19.1. The molecule has 0 spiro atoms. The fraction of sp³-hybridized carbons (Fsp3) is 0.278. The highest BCUT2D eigenvalue weighted by atomic mass is 32.2. The molecule has 7 heteroatoms. The van der Waals surface area contributed by atoms with E-state index in [0.29, 0.717) is 6.42 Å². The number of hydrogen-bond acceptors (Lipinski definition) is 3. The highest BCUT2D eigenvalue weighted by molar-refractivity contribution is 7.89. The number of sulfonamides is 1. The Hall–Kier alpha value is -2.25. The Morgan fingerprint density at radius 1 is 1.08 bits per heavy atom. The maximum Gasteiger partial charge on any atom is 0.240 e.